The molecule has 63 heavy (non-hydrogen) atoms. The van der Waals surface area contributed by atoms with Crippen molar-refractivity contribution >= 4 is 59.0 Å². The predicted molar refractivity (Wildman–Crippen MR) is 241 cm³/mol. The van der Waals surface area contributed by atoms with Crippen molar-refractivity contribution in [1.82, 2.24) is 9.80 Å². The van der Waals surface area contributed by atoms with Crippen LogP contribution in [0, 0.1) is 20.2 Å². The maximum absolute atomic E-state index is 13.5. The SMILES string of the molecule is CC(C)c1ccccc1-c1c(/C=C/C(=O)N2CCCCC2C(=O)O)ccc(Sc2ccc(/C=C/C(=O)N3CCCCC3C(=O)O)c(-c3ccccc3C(C)C)c2[N+](=O)[O-])c1[N+](=O)[O-]. The average molecular weight is 875 g/mol. The third-order valence-electron chi connectivity index (χ3n) is 11.6. The number of piperidine rings is 2. The van der Waals surface area contributed by atoms with Crippen molar-refractivity contribution in [2.75, 3.05) is 13.1 Å². The van der Waals surface area contributed by atoms with Crippen molar-refractivity contribution in [3.05, 3.63) is 127 Å². The first-order valence-electron chi connectivity index (χ1n) is 21.0. The lowest BCUT2D eigenvalue weighted by atomic mass is 9.89. The van der Waals surface area contributed by atoms with Gasteiger partial charge in [-0.2, -0.15) is 0 Å². The van der Waals surface area contributed by atoms with Crippen LogP contribution in [0.2, 0.25) is 0 Å². The molecule has 2 saturated heterocycles. The van der Waals surface area contributed by atoms with Gasteiger partial charge in [-0.15, -0.1) is 0 Å². The number of nitro groups is 2. The Kier molecular flexibility index (Phi) is 14.6. The Morgan fingerprint density at radius 3 is 1.35 bits per heavy atom. The van der Waals surface area contributed by atoms with Gasteiger partial charge in [0, 0.05) is 25.2 Å². The van der Waals surface area contributed by atoms with Gasteiger partial charge in [0.1, 0.15) is 12.1 Å². The highest BCUT2D eigenvalue weighted by Gasteiger charge is 2.34. The summed E-state index contributed by atoms with van der Waals surface area (Å²) in [6.07, 6.45) is 8.65. The van der Waals surface area contributed by atoms with E-state index < -0.39 is 45.7 Å². The van der Waals surface area contributed by atoms with Crippen LogP contribution in [0.4, 0.5) is 11.4 Å². The number of likely N-dealkylation sites (tertiary alicyclic amines) is 2. The largest absolute Gasteiger partial charge is 0.480 e. The van der Waals surface area contributed by atoms with Gasteiger partial charge in [0.15, 0.2) is 0 Å². The molecule has 4 aromatic rings. The lowest BCUT2D eigenvalue weighted by Crippen LogP contribution is -2.47. The van der Waals surface area contributed by atoms with Crippen LogP contribution >= 0.6 is 11.8 Å². The molecule has 0 saturated carbocycles. The Balaban J connectivity index is 1.53. The van der Waals surface area contributed by atoms with E-state index in [2.05, 4.69) is 0 Å². The van der Waals surface area contributed by atoms with Crippen molar-refractivity contribution in [2.24, 2.45) is 0 Å². The number of nitro benzene ring substituents is 2. The summed E-state index contributed by atoms with van der Waals surface area (Å²) >= 11 is 0.850. The van der Waals surface area contributed by atoms with Crippen LogP contribution in [-0.4, -0.2) is 78.8 Å². The van der Waals surface area contributed by atoms with Gasteiger partial charge in [-0.05, 0) is 108 Å². The Bertz CT molecular complexity index is 2340. The quantitative estimate of drug-likeness (QED) is 0.0693. The molecule has 2 unspecified atom stereocenters. The minimum atomic E-state index is -1.10. The molecule has 6 rings (SSSR count). The summed E-state index contributed by atoms with van der Waals surface area (Å²) in [7, 11) is 0. The maximum Gasteiger partial charge on any atom is 0.326 e. The molecule has 0 radical (unpaired) electrons. The lowest BCUT2D eigenvalue weighted by Gasteiger charge is -2.32. The van der Waals surface area contributed by atoms with Gasteiger partial charge in [0.05, 0.1) is 30.8 Å². The smallest absolute Gasteiger partial charge is 0.326 e. The van der Waals surface area contributed by atoms with Gasteiger partial charge in [0.25, 0.3) is 11.4 Å². The van der Waals surface area contributed by atoms with E-state index in [-0.39, 0.29) is 57.2 Å². The summed E-state index contributed by atoms with van der Waals surface area (Å²) in [6.45, 7) is 8.32. The van der Waals surface area contributed by atoms with Gasteiger partial charge in [-0.25, -0.2) is 9.59 Å². The molecule has 2 fully saturated rings. The number of carboxylic acids is 2. The molecule has 2 aliphatic rings. The second-order valence-corrected chi connectivity index (χ2v) is 17.4. The van der Waals surface area contributed by atoms with Crippen molar-refractivity contribution in [2.45, 2.75) is 99.9 Å². The van der Waals surface area contributed by atoms with Crippen LogP contribution < -0.4 is 0 Å². The Morgan fingerprint density at radius 2 is 1.00 bits per heavy atom. The molecule has 2 atom stereocenters. The fourth-order valence-corrected chi connectivity index (χ4v) is 9.59. The second kappa shape index (κ2) is 20.1. The Morgan fingerprint density at radius 1 is 0.619 bits per heavy atom. The first-order valence-corrected chi connectivity index (χ1v) is 21.8. The number of hydrogen-bond donors (Lipinski definition) is 2. The third kappa shape index (κ3) is 10.0. The molecule has 2 heterocycles. The van der Waals surface area contributed by atoms with Gasteiger partial charge in [-0.3, -0.25) is 29.8 Å². The van der Waals surface area contributed by atoms with E-state index in [0.717, 1.165) is 22.9 Å². The van der Waals surface area contributed by atoms with Crippen molar-refractivity contribution in [3.63, 3.8) is 0 Å². The monoisotopic (exact) mass is 874 g/mol. The summed E-state index contributed by atoms with van der Waals surface area (Å²) in [5.41, 5.74) is 2.97. The summed E-state index contributed by atoms with van der Waals surface area (Å²) < 4.78 is 0. The molecule has 2 aliphatic heterocycles. The molecule has 0 bridgehead atoms. The van der Waals surface area contributed by atoms with E-state index >= 15 is 0 Å². The Hall–Kier alpha value is -6.61. The normalized spacial score (nSPS) is 16.9. The topological polar surface area (TPSA) is 202 Å². The van der Waals surface area contributed by atoms with Crippen molar-refractivity contribution in [1.29, 1.82) is 0 Å². The number of benzene rings is 4. The minimum absolute atomic E-state index is 0.0812. The van der Waals surface area contributed by atoms with Crippen LogP contribution in [-0.2, 0) is 19.2 Å². The minimum Gasteiger partial charge on any atom is -0.480 e. The number of carbonyl (C=O) groups is 4. The van der Waals surface area contributed by atoms with Gasteiger partial charge >= 0.3 is 11.9 Å². The molecule has 0 spiro atoms. The second-order valence-electron chi connectivity index (χ2n) is 16.3. The molecule has 14 nitrogen and oxygen atoms in total. The molecule has 0 aromatic heterocycles. The van der Waals surface area contributed by atoms with E-state index in [1.165, 1.54) is 46.2 Å². The first kappa shape index (κ1) is 45.9. The average Bonchev–Trinajstić information content (AvgIpc) is 3.27. The maximum atomic E-state index is 13.5. The predicted octanol–water partition coefficient (Wildman–Crippen LogP) is 10.2. The third-order valence-corrected chi connectivity index (χ3v) is 12.7. The van der Waals surface area contributed by atoms with Gasteiger partial charge in [-0.1, -0.05) is 100 Å². The number of hydrogen-bond acceptors (Lipinski definition) is 9. The number of nitrogens with zero attached hydrogens (tertiary/aromatic N) is 4. The number of amides is 2. The van der Waals surface area contributed by atoms with Gasteiger partial charge in [0.2, 0.25) is 11.8 Å². The molecule has 2 amide bonds. The standard InChI is InChI=1S/C48H50N4O10S/c1-29(2)33-13-5-7-15-35(33)43-31(21-25-41(53)49-27-11-9-17-37(49)47(55)56)19-23-39(45(43)51(59)60)63-40-24-20-32(22-26-42(54)50-28-12-10-18-38(50)48(57)58)44(46(40)52(61)62)36-16-8-6-14-34(36)30(3)4/h5-8,13-16,19-26,29-30,37-38H,9-12,17-18,27-28H2,1-4H3,(H,55,56)(H,57,58)/b25-21+,26-22+. The summed E-state index contributed by atoms with van der Waals surface area (Å²) in [6, 6.07) is 18.6. The molecular weight excluding hydrogens is 825 g/mol. The number of rotatable bonds is 14. The van der Waals surface area contributed by atoms with E-state index in [4.69, 9.17) is 0 Å². The molecular formula is C48H50N4O10S. The summed E-state index contributed by atoms with van der Waals surface area (Å²) in [5, 5.41) is 46.4. The molecule has 328 valence electrons. The molecule has 0 aliphatic carbocycles. The van der Waals surface area contributed by atoms with E-state index in [1.807, 2.05) is 52.0 Å². The number of carboxylic acid groups (broad SMARTS) is 2. The highest BCUT2D eigenvalue weighted by molar-refractivity contribution is 7.99. The highest BCUT2D eigenvalue weighted by Crippen LogP contribution is 2.50. The molecule has 2 N–H and O–H groups in total. The van der Waals surface area contributed by atoms with Gasteiger partial charge < -0.3 is 20.0 Å². The number of carbonyl (C=O) groups excluding carboxylic acids is 2. The highest BCUT2D eigenvalue weighted by atomic mass is 32.2. The molecule has 15 heteroatoms. The van der Waals surface area contributed by atoms with Crippen LogP contribution in [0.15, 0.2) is 94.7 Å². The fraction of sp³-hybridized carbons (Fsp3) is 0.333. The van der Waals surface area contributed by atoms with Crippen molar-refractivity contribution in [3.8, 4) is 22.3 Å². The summed E-state index contributed by atoms with van der Waals surface area (Å²) in [5.74, 6) is -3.44. The first-order chi connectivity index (χ1) is 30.1. The zero-order valence-electron chi connectivity index (χ0n) is 35.6. The fourth-order valence-electron chi connectivity index (χ4n) is 8.54. The van der Waals surface area contributed by atoms with E-state index in [1.54, 1.807) is 36.4 Å². The summed E-state index contributed by atoms with van der Waals surface area (Å²) in [4.78, 5) is 79.5. The van der Waals surface area contributed by atoms with Crippen LogP contribution in [0.5, 0.6) is 0 Å². The number of aliphatic carboxylic acids is 2. The Labute approximate surface area is 369 Å². The zero-order chi connectivity index (χ0) is 45.5. The van der Waals surface area contributed by atoms with Crippen LogP contribution in [0.25, 0.3) is 34.4 Å². The lowest BCUT2D eigenvalue weighted by molar-refractivity contribution is -0.387. The van der Waals surface area contributed by atoms with Crippen molar-refractivity contribution < 1.29 is 39.2 Å². The van der Waals surface area contributed by atoms with Crippen LogP contribution in [0.1, 0.15) is 100 Å². The van der Waals surface area contributed by atoms with E-state index in [9.17, 15) is 49.6 Å². The zero-order valence-corrected chi connectivity index (χ0v) is 36.4. The molecule has 4 aromatic carbocycles. The van der Waals surface area contributed by atoms with Crippen LogP contribution in [0.3, 0.4) is 0 Å². The van der Waals surface area contributed by atoms with E-state index in [0.29, 0.717) is 60.8 Å².